The molecule has 0 N–H and O–H groups in total. The first-order valence-corrected chi connectivity index (χ1v) is 10.4. The number of rotatable bonds is 4. The van der Waals surface area contributed by atoms with E-state index in [1.54, 1.807) is 32.6 Å². The number of methoxy groups -OCH3 is 2. The second-order valence-corrected chi connectivity index (χ2v) is 9.21. The van der Waals surface area contributed by atoms with Crippen LogP contribution in [0.2, 0.25) is 0 Å². The second-order valence-electron chi connectivity index (χ2n) is 7.44. The van der Waals surface area contributed by atoms with Crippen molar-refractivity contribution in [1.29, 1.82) is 0 Å². The van der Waals surface area contributed by atoms with Crippen LogP contribution >= 0.6 is 31.9 Å². The fourth-order valence-electron chi connectivity index (χ4n) is 2.85. The molecule has 3 aromatic rings. The van der Waals surface area contributed by atoms with Gasteiger partial charge in [-0.25, -0.2) is 4.98 Å². The molecule has 0 saturated carbocycles. The van der Waals surface area contributed by atoms with Gasteiger partial charge < -0.3 is 9.47 Å². The lowest BCUT2D eigenvalue weighted by atomic mass is 9.95. The highest BCUT2D eigenvalue weighted by molar-refractivity contribution is 9.10. The van der Waals surface area contributed by atoms with Gasteiger partial charge in [0.25, 0.3) is 5.56 Å². The van der Waals surface area contributed by atoms with Gasteiger partial charge in [-0.1, -0.05) is 36.7 Å². The molecule has 0 aliphatic rings. The zero-order chi connectivity index (χ0) is 21.3. The summed E-state index contributed by atoms with van der Waals surface area (Å²) in [5.74, 6) is 1.79. The average molecular weight is 523 g/mol. The van der Waals surface area contributed by atoms with Crippen LogP contribution in [0.15, 0.2) is 49.2 Å². The molecule has 6 nitrogen and oxygen atoms in total. The number of halogens is 2. The van der Waals surface area contributed by atoms with Crippen molar-refractivity contribution in [2.45, 2.75) is 26.2 Å². The Labute approximate surface area is 185 Å². The summed E-state index contributed by atoms with van der Waals surface area (Å²) < 4.78 is 13.7. The molecule has 0 spiro atoms. The third kappa shape index (κ3) is 4.38. The molecule has 2 aromatic carbocycles. The molecule has 3 rings (SSSR count). The molecule has 8 heteroatoms. The van der Waals surface area contributed by atoms with Crippen molar-refractivity contribution in [1.82, 2.24) is 9.66 Å². The molecule has 0 aliphatic heterocycles. The van der Waals surface area contributed by atoms with E-state index >= 15 is 0 Å². The quantitative estimate of drug-likeness (QED) is 0.446. The van der Waals surface area contributed by atoms with Crippen LogP contribution < -0.4 is 15.0 Å². The van der Waals surface area contributed by atoms with Crippen LogP contribution in [0.5, 0.6) is 11.5 Å². The summed E-state index contributed by atoms with van der Waals surface area (Å²) in [5, 5.41) is 4.98. The standard InChI is InChI=1S/C21H21Br2N3O3/c1-21(2,3)20-25-16-7-6-13(22)9-14(16)19(27)26(20)24-11-12-8-15(23)18(29-5)10-17(12)28-4/h6-11H,1-5H3. The smallest absolute Gasteiger partial charge is 0.282 e. The van der Waals surface area contributed by atoms with Crippen molar-refractivity contribution in [3.05, 3.63) is 61.0 Å². The molecule has 0 unspecified atom stereocenters. The first-order valence-electron chi connectivity index (χ1n) is 8.84. The molecule has 0 radical (unpaired) electrons. The van der Waals surface area contributed by atoms with Crippen molar-refractivity contribution in [2.24, 2.45) is 5.10 Å². The molecule has 0 saturated heterocycles. The normalized spacial score (nSPS) is 12.0. The summed E-state index contributed by atoms with van der Waals surface area (Å²) >= 11 is 6.89. The van der Waals surface area contributed by atoms with Crippen molar-refractivity contribution >= 4 is 49.0 Å². The Balaban J connectivity index is 2.23. The third-order valence-corrected chi connectivity index (χ3v) is 5.41. The molecule has 1 heterocycles. The predicted octanol–water partition coefficient (Wildman–Crippen LogP) is 5.12. The van der Waals surface area contributed by atoms with Crippen molar-refractivity contribution in [3.8, 4) is 11.5 Å². The molecule has 152 valence electrons. The molecule has 29 heavy (non-hydrogen) atoms. The fourth-order valence-corrected chi connectivity index (χ4v) is 3.73. The van der Waals surface area contributed by atoms with E-state index in [1.165, 1.54) is 4.68 Å². The molecule has 1 aromatic heterocycles. The number of ether oxygens (including phenoxy) is 2. The first kappa shape index (κ1) is 21.5. The molecule has 0 amide bonds. The molecule has 0 aliphatic carbocycles. The van der Waals surface area contributed by atoms with Crippen molar-refractivity contribution in [3.63, 3.8) is 0 Å². The summed E-state index contributed by atoms with van der Waals surface area (Å²) in [6, 6.07) is 9.04. The zero-order valence-electron chi connectivity index (χ0n) is 16.8. The second kappa shape index (κ2) is 8.28. The summed E-state index contributed by atoms with van der Waals surface area (Å²) in [6.07, 6.45) is 1.59. The Morgan fingerprint density at radius 3 is 2.38 bits per heavy atom. The van der Waals surface area contributed by atoms with Gasteiger partial charge in [-0.2, -0.15) is 9.78 Å². The van der Waals surface area contributed by atoms with E-state index < -0.39 is 0 Å². The average Bonchev–Trinajstić information content (AvgIpc) is 2.66. The fraction of sp³-hybridized carbons (Fsp3) is 0.286. The highest BCUT2D eigenvalue weighted by atomic mass is 79.9. The number of aromatic nitrogens is 2. The van der Waals surface area contributed by atoms with Gasteiger partial charge in [0, 0.05) is 21.5 Å². The van der Waals surface area contributed by atoms with Gasteiger partial charge in [0.2, 0.25) is 0 Å². The number of hydrogen-bond acceptors (Lipinski definition) is 5. The Kier molecular flexibility index (Phi) is 6.14. The van der Waals surface area contributed by atoms with Crippen LogP contribution in [-0.4, -0.2) is 30.1 Å². The van der Waals surface area contributed by atoms with Gasteiger partial charge in [0.15, 0.2) is 0 Å². The lowest BCUT2D eigenvalue weighted by Crippen LogP contribution is -2.29. The highest BCUT2D eigenvalue weighted by Gasteiger charge is 2.23. The van der Waals surface area contributed by atoms with Gasteiger partial charge in [0.1, 0.15) is 17.3 Å². The largest absolute Gasteiger partial charge is 0.496 e. The number of fused-ring (bicyclic) bond motifs is 1. The summed E-state index contributed by atoms with van der Waals surface area (Å²) in [6.45, 7) is 5.99. The third-order valence-electron chi connectivity index (χ3n) is 4.30. The lowest BCUT2D eigenvalue weighted by molar-refractivity contribution is 0.392. The van der Waals surface area contributed by atoms with Crippen LogP contribution in [0.3, 0.4) is 0 Å². The van der Waals surface area contributed by atoms with Crippen LogP contribution in [0.25, 0.3) is 10.9 Å². The molecular weight excluding hydrogens is 502 g/mol. The Morgan fingerprint density at radius 2 is 1.76 bits per heavy atom. The predicted molar refractivity (Wildman–Crippen MR) is 123 cm³/mol. The van der Waals surface area contributed by atoms with E-state index in [-0.39, 0.29) is 11.0 Å². The Bertz CT molecular complexity index is 1160. The topological polar surface area (TPSA) is 65.7 Å². The summed E-state index contributed by atoms with van der Waals surface area (Å²) in [7, 11) is 3.16. The monoisotopic (exact) mass is 521 g/mol. The minimum absolute atomic E-state index is 0.232. The van der Waals surface area contributed by atoms with Crippen LogP contribution in [0.1, 0.15) is 32.2 Å². The molecular formula is C21H21Br2N3O3. The maximum atomic E-state index is 13.2. The first-order chi connectivity index (χ1) is 13.7. The maximum Gasteiger partial charge on any atom is 0.282 e. The van der Waals surface area contributed by atoms with Gasteiger partial charge in [-0.15, -0.1) is 0 Å². The van der Waals surface area contributed by atoms with Gasteiger partial charge >= 0.3 is 0 Å². The van der Waals surface area contributed by atoms with Gasteiger partial charge in [-0.05, 0) is 40.2 Å². The Hall–Kier alpha value is -2.19. The maximum absolute atomic E-state index is 13.2. The number of benzene rings is 2. The molecule has 0 bridgehead atoms. The molecule has 0 fully saturated rings. The van der Waals surface area contributed by atoms with E-state index in [0.717, 1.165) is 8.95 Å². The van der Waals surface area contributed by atoms with E-state index in [1.807, 2.05) is 39.0 Å². The van der Waals surface area contributed by atoms with E-state index in [0.29, 0.717) is 33.8 Å². The van der Waals surface area contributed by atoms with E-state index in [9.17, 15) is 4.79 Å². The van der Waals surface area contributed by atoms with Gasteiger partial charge in [0.05, 0.1) is 35.8 Å². The van der Waals surface area contributed by atoms with Crippen molar-refractivity contribution < 1.29 is 9.47 Å². The Morgan fingerprint density at radius 1 is 1.07 bits per heavy atom. The van der Waals surface area contributed by atoms with E-state index in [2.05, 4.69) is 37.0 Å². The SMILES string of the molecule is COc1cc(OC)c(C=Nn2c(C(C)(C)C)nc3ccc(Br)cc3c2=O)cc1Br. The van der Waals surface area contributed by atoms with Crippen LogP contribution in [-0.2, 0) is 5.41 Å². The summed E-state index contributed by atoms with van der Waals surface area (Å²) in [4.78, 5) is 17.9. The van der Waals surface area contributed by atoms with Crippen LogP contribution in [0.4, 0.5) is 0 Å². The highest BCUT2D eigenvalue weighted by Crippen LogP contribution is 2.32. The summed E-state index contributed by atoms with van der Waals surface area (Å²) in [5.41, 5.74) is 0.715. The van der Waals surface area contributed by atoms with Crippen molar-refractivity contribution in [2.75, 3.05) is 14.2 Å². The number of hydrogen-bond donors (Lipinski definition) is 0. The zero-order valence-corrected chi connectivity index (χ0v) is 20.0. The molecule has 0 atom stereocenters. The number of nitrogens with zero attached hydrogens (tertiary/aromatic N) is 3. The van der Waals surface area contributed by atoms with Gasteiger partial charge in [-0.3, -0.25) is 4.79 Å². The van der Waals surface area contributed by atoms with Crippen LogP contribution in [0, 0.1) is 0 Å². The lowest BCUT2D eigenvalue weighted by Gasteiger charge is -2.21. The van der Waals surface area contributed by atoms with E-state index in [4.69, 9.17) is 14.5 Å². The minimum Gasteiger partial charge on any atom is -0.496 e. The minimum atomic E-state index is -0.387.